The van der Waals surface area contributed by atoms with E-state index < -0.39 is 47.4 Å². The molecule has 0 spiro atoms. The summed E-state index contributed by atoms with van der Waals surface area (Å²) in [6.07, 6.45) is 3.94. The molecule has 3 N–H and O–H groups in total. The van der Waals surface area contributed by atoms with Crippen LogP contribution in [0.5, 0.6) is 0 Å². The largest absolute Gasteiger partial charge is 0.455 e. The van der Waals surface area contributed by atoms with Crippen molar-refractivity contribution in [1.82, 2.24) is 26.1 Å². The van der Waals surface area contributed by atoms with Crippen LogP contribution in [0, 0.1) is 11.3 Å². The van der Waals surface area contributed by atoms with E-state index in [1.807, 2.05) is 38.1 Å². The summed E-state index contributed by atoms with van der Waals surface area (Å²) in [6, 6.07) is 4.76. The molecule has 4 atom stereocenters. The van der Waals surface area contributed by atoms with Gasteiger partial charge in [0.25, 0.3) is 5.91 Å². The Morgan fingerprint density at radius 1 is 1.10 bits per heavy atom. The number of hydrogen-bond acceptors (Lipinski definition) is 7. The number of amides is 3. The minimum Gasteiger partial charge on any atom is -0.455 e. The number of cyclic esters (lactones) is 1. The number of carbonyl (C=O) groups is 4. The fourth-order valence-electron chi connectivity index (χ4n) is 4.81. The van der Waals surface area contributed by atoms with Crippen molar-refractivity contribution in [3.8, 4) is 0 Å². The highest BCUT2D eigenvalue weighted by atomic mass is 35.5. The van der Waals surface area contributed by atoms with Gasteiger partial charge in [0, 0.05) is 11.9 Å². The van der Waals surface area contributed by atoms with Crippen LogP contribution in [-0.4, -0.2) is 58.4 Å². The maximum Gasteiger partial charge on any atom is 0.325 e. The molecule has 1 saturated heterocycles. The molecule has 220 valence electrons. The van der Waals surface area contributed by atoms with Crippen molar-refractivity contribution in [2.75, 3.05) is 6.54 Å². The number of nitrogens with one attached hydrogen (secondary N) is 3. The lowest BCUT2D eigenvalue weighted by Crippen LogP contribution is -2.61. The summed E-state index contributed by atoms with van der Waals surface area (Å²) in [6.45, 7) is 10.8. The summed E-state index contributed by atoms with van der Waals surface area (Å²) in [5, 5.41) is 8.15. The van der Waals surface area contributed by atoms with Gasteiger partial charge in [0.1, 0.15) is 24.2 Å². The quantitative estimate of drug-likeness (QED) is 0.437. The lowest BCUT2D eigenvalue weighted by Gasteiger charge is -2.35. The first-order valence-electron chi connectivity index (χ1n) is 14.0. The molecule has 4 rings (SSSR count). The van der Waals surface area contributed by atoms with Gasteiger partial charge in [-0.3, -0.25) is 24.2 Å². The molecule has 11 heteroatoms. The highest BCUT2D eigenvalue weighted by molar-refractivity contribution is 6.35. The van der Waals surface area contributed by atoms with Crippen molar-refractivity contribution in [3.63, 3.8) is 0 Å². The first-order valence-corrected chi connectivity index (χ1v) is 14.3. The number of aromatic nitrogens is 1. The molecule has 2 aromatic rings. The summed E-state index contributed by atoms with van der Waals surface area (Å²) in [7, 11) is 0. The van der Waals surface area contributed by atoms with Gasteiger partial charge in [-0.25, -0.2) is 10.4 Å². The molecule has 1 aromatic heterocycles. The first-order chi connectivity index (χ1) is 19.3. The molecule has 10 nitrogen and oxygen atoms in total. The number of pyridine rings is 1. The summed E-state index contributed by atoms with van der Waals surface area (Å²) in [5.41, 5.74) is 3.91. The van der Waals surface area contributed by atoms with Crippen molar-refractivity contribution >= 4 is 52.3 Å². The summed E-state index contributed by atoms with van der Waals surface area (Å²) in [5.74, 6) is -1.94. The van der Waals surface area contributed by atoms with Gasteiger partial charge in [0.15, 0.2) is 0 Å². The number of benzene rings is 1. The smallest absolute Gasteiger partial charge is 0.325 e. The van der Waals surface area contributed by atoms with Crippen LogP contribution in [0.25, 0.3) is 17.0 Å². The Morgan fingerprint density at radius 3 is 2.54 bits per heavy atom. The van der Waals surface area contributed by atoms with Crippen molar-refractivity contribution in [2.45, 2.75) is 78.6 Å². The lowest BCUT2D eigenvalue weighted by atomic mass is 9.89. The molecule has 3 amide bonds. The molecule has 3 heterocycles. The zero-order valence-electron chi connectivity index (χ0n) is 24.3. The first kappa shape index (κ1) is 30.5. The molecule has 5 bridgehead atoms. The van der Waals surface area contributed by atoms with Crippen LogP contribution in [0.1, 0.15) is 71.7 Å². The predicted octanol–water partition coefficient (Wildman–Crippen LogP) is 3.69. The minimum absolute atomic E-state index is 0.234. The van der Waals surface area contributed by atoms with Crippen LogP contribution in [0.4, 0.5) is 0 Å². The molecular weight excluding hydrogens is 546 g/mol. The third kappa shape index (κ3) is 6.87. The van der Waals surface area contributed by atoms with Crippen LogP contribution in [0.2, 0.25) is 5.02 Å². The van der Waals surface area contributed by atoms with Crippen LogP contribution in [0.3, 0.4) is 0 Å². The number of nitrogens with zero attached hydrogens (tertiary/aromatic N) is 2. The van der Waals surface area contributed by atoms with Crippen LogP contribution >= 0.6 is 11.6 Å². The number of esters is 1. The standard InChI is InChI=1S/C30H38ClN5O5/c1-16(2)25-26(37)32-17(3)27(38)36-13-7-8-22(35-36)28(39)41-18(4)23-15-21(31)20-10-9-19(14-24(20)33-23)11-12-30(5,6)29(40)34-25/h9-12,14-18,22,25,35H,7-8,13H2,1-6H3,(H,32,37)(H,34,40)/t17-,18+,22-,25-/m0/s1. The number of halogens is 1. The summed E-state index contributed by atoms with van der Waals surface area (Å²) in [4.78, 5) is 57.6. The minimum atomic E-state index is -0.953. The highest BCUT2D eigenvalue weighted by Gasteiger charge is 2.35. The topological polar surface area (TPSA) is 130 Å². The van der Waals surface area contributed by atoms with Gasteiger partial charge in [0.05, 0.1) is 21.6 Å². The second-order valence-corrected chi connectivity index (χ2v) is 12.1. The average Bonchev–Trinajstić information content (AvgIpc) is 2.93. The predicted molar refractivity (Wildman–Crippen MR) is 156 cm³/mol. The average molecular weight is 584 g/mol. The fourth-order valence-corrected chi connectivity index (χ4v) is 5.08. The number of rotatable bonds is 1. The number of ether oxygens (including phenoxy) is 1. The molecule has 0 unspecified atom stereocenters. The summed E-state index contributed by atoms with van der Waals surface area (Å²) < 4.78 is 5.74. The monoisotopic (exact) mass is 583 g/mol. The van der Waals surface area contributed by atoms with Crippen molar-refractivity contribution in [3.05, 3.63) is 46.6 Å². The molecule has 41 heavy (non-hydrogen) atoms. The van der Waals surface area contributed by atoms with Gasteiger partial charge in [-0.15, -0.1) is 0 Å². The number of fused-ring (bicyclic) bond motifs is 4. The molecule has 0 aliphatic carbocycles. The van der Waals surface area contributed by atoms with E-state index in [-0.39, 0.29) is 11.8 Å². The van der Waals surface area contributed by atoms with Crippen LogP contribution in [-0.2, 0) is 23.9 Å². The van der Waals surface area contributed by atoms with E-state index in [9.17, 15) is 19.2 Å². The molecular formula is C30H38ClN5O5. The Bertz CT molecular complexity index is 1390. The second kappa shape index (κ2) is 12.2. The Kier molecular flexibility index (Phi) is 9.03. The van der Waals surface area contributed by atoms with E-state index in [0.29, 0.717) is 35.6 Å². The van der Waals surface area contributed by atoms with Gasteiger partial charge in [-0.05, 0) is 64.2 Å². The Labute approximate surface area is 245 Å². The second-order valence-electron chi connectivity index (χ2n) is 11.7. The number of carbonyl (C=O) groups excluding carboxylic acids is 4. The normalized spacial score (nSPS) is 26.1. The fraction of sp³-hybridized carbons (Fsp3) is 0.500. The molecule has 0 radical (unpaired) electrons. The Balaban J connectivity index is 1.73. The highest BCUT2D eigenvalue weighted by Crippen LogP contribution is 2.29. The van der Waals surface area contributed by atoms with E-state index in [1.165, 1.54) is 5.01 Å². The SMILES string of the molecule is CC(C)[C@@H]1NC(=O)C(C)(C)C=Cc2ccc3c(Cl)cc(nc3c2)[C@@H](C)OC(=O)[C@@H]2CCCN(N2)C(=O)[C@H](C)NC1=O. The van der Waals surface area contributed by atoms with Gasteiger partial charge < -0.3 is 15.4 Å². The van der Waals surface area contributed by atoms with Crippen molar-refractivity contribution < 1.29 is 23.9 Å². The molecule has 0 saturated carbocycles. The van der Waals surface area contributed by atoms with Crippen LogP contribution < -0.4 is 16.1 Å². The van der Waals surface area contributed by atoms with E-state index >= 15 is 0 Å². The van der Waals surface area contributed by atoms with Crippen LogP contribution in [0.15, 0.2) is 30.3 Å². The molecule has 1 aromatic carbocycles. The number of hydrazine groups is 1. The Hall–Kier alpha value is -3.50. The van der Waals surface area contributed by atoms with E-state index in [2.05, 4.69) is 16.1 Å². The molecule has 2 aliphatic rings. The lowest BCUT2D eigenvalue weighted by molar-refractivity contribution is -0.157. The van der Waals surface area contributed by atoms with E-state index in [1.54, 1.807) is 39.8 Å². The molecule has 2 aliphatic heterocycles. The molecule has 1 fully saturated rings. The van der Waals surface area contributed by atoms with E-state index in [4.69, 9.17) is 21.3 Å². The van der Waals surface area contributed by atoms with Gasteiger partial charge >= 0.3 is 5.97 Å². The summed E-state index contributed by atoms with van der Waals surface area (Å²) >= 11 is 6.57. The van der Waals surface area contributed by atoms with Gasteiger partial charge in [0.2, 0.25) is 11.8 Å². The number of hydrogen-bond donors (Lipinski definition) is 3. The zero-order valence-corrected chi connectivity index (χ0v) is 25.0. The van der Waals surface area contributed by atoms with Gasteiger partial charge in [-0.1, -0.05) is 49.7 Å². The maximum atomic E-state index is 13.3. The van der Waals surface area contributed by atoms with Crippen molar-refractivity contribution in [1.29, 1.82) is 0 Å². The van der Waals surface area contributed by atoms with Gasteiger partial charge in [-0.2, -0.15) is 0 Å². The third-order valence-electron chi connectivity index (χ3n) is 7.49. The van der Waals surface area contributed by atoms with Crippen molar-refractivity contribution in [2.24, 2.45) is 11.3 Å². The zero-order chi connectivity index (χ0) is 30.1. The maximum absolute atomic E-state index is 13.3. The third-order valence-corrected chi connectivity index (χ3v) is 7.80. The van der Waals surface area contributed by atoms with E-state index in [0.717, 1.165) is 10.9 Å². The Morgan fingerprint density at radius 2 is 1.83 bits per heavy atom.